The molecule has 0 bridgehead atoms. The van der Waals surface area contributed by atoms with E-state index in [-0.39, 0.29) is 17.5 Å². The van der Waals surface area contributed by atoms with E-state index in [0.29, 0.717) is 40.7 Å². The van der Waals surface area contributed by atoms with Crippen molar-refractivity contribution >= 4 is 46.4 Å². The number of nitro benzene ring substituents is 1. The maximum atomic E-state index is 12.8. The minimum absolute atomic E-state index is 0.0662. The summed E-state index contributed by atoms with van der Waals surface area (Å²) in [6, 6.07) is 9.44. The summed E-state index contributed by atoms with van der Waals surface area (Å²) in [6.45, 7) is 0.446. The smallest absolute Gasteiger partial charge is 0.269 e. The summed E-state index contributed by atoms with van der Waals surface area (Å²) in [4.78, 5) is 37.1. The average molecular weight is 408 g/mol. The van der Waals surface area contributed by atoms with Crippen LogP contribution in [0.2, 0.25) is 10.0 Å². The van der Waals surface area contributed by atoms with Gasteiger partial charge in [0.05, 0.1) is 4.92 Å². The molecule has 3 rings (SSSR count). The van der Waals surface area contributed by atoms with E-state index < -0.39 is 11.0 Å². The van der Waals surface area contributed by atoms with E-state index in [1.165, 1.54) is 47.4 Å². The SMILES string of the molecule is O=C(Nc1ccc([N+](=O)[O-])cc1)C1CCCN1C(=O)c1cc(Cl)cc(Cl)c1. The van der Waals surface area contributed by atoms with E-state index in [2.05, 4.69) is 5.32 Å². The third-order valence-electron chi connectivity index (χ3n) is 4.27. The zero-order valence-corrected chi connectivity index (χ0v) is 15.5. The van der Waals surface area contributed by atoms with Crippen molar-refractivity contribution in [3.63, 3.8) is 0 Å². The number of rotatable bonds is 4. The molecular weight excluding hydrogens is 393 g/mol. The van der Waals surface area contributed by atoms with Crippen LogP contribution in [0, 0.1) is 10.1 Å². The van der Waals surface area contributed by atoms with Crippen molar-refractivity contribution in [1.82, 2.24) is 4.90 Å². The Hall–Kier alpha value is -2.64. The van der Waals surface area contributed by atoms with E-state index in [1.807, 2.05) is 0 Å². The number of hydrogen-bond donors (Lipinski definition) is 1. The first-order valence-electron chi connectivity index (χ1n) is 8.17. The molecule has 27 heavy (non-hydrogen) atoms. The van der Waals surface area contributed by atoms with Crippen LogP contribution < -0.4 is 5.32 Å². The fourth-order valence-electron chi connectivity index (χ4n) is 3.02. The van der Waals surface area contributed by atoms with Crippen molar-refractivity contribution in [2.24, 2.45) is 0 Å². The number of carbonyl (C=O) groups excluding carboxylic acids is 2. The normalized spacial score (nSPS) is 16.2. The number of likely N-dealkylation sites (tertiary alicyclic amines) is 1. The zero-order chi connectivity index (χ0) is 19.6. The van der Waals surface area contributed by atoms with E-state index in [0.717, 1.165) is 0 Å². The van der Waals surface area contributed by atoms with Crippen LogP contribution in [-0.4, -0.2) is 34.2 Å². The van der Waals surface area contributed by atoms with Gasteiger partial charge in [0, 0.05) is 40.0 Å². The van der Waals surface area contributed by atoms with Crippen LogP contribution in [0.25, 0.3) is 0 Å². The summed E-state index contributed by atoms with van der Waals surface area (Å²) in [5.41, 5.74) is 0.682. The molecule has 7 nitrogen and oxygen atoms in total. The van der Waals surface area contributed by atoms with Gasteiger partial charge in [0.1, 0.15) is 6.04 Å². The lowest BCUT2D eigenvalue weighted by molar-refractivity contribution is -0.384. The van der Waals surface area contributed by atoms with Crippen LogP contribution >= 0.6 is 23.2 Å². The molecule has 140 valence electrons. The van der Waals surface area contributed by atoms with Gasteiger partial charge in [0.25, 0.3) is 11.6 Å². The standard InChI is InChI=1S/C18H15Cl2N3O4/c19-12-8-11(9-13(20)10-12)18(25)22-7-1-2-16(22)17(24)21-14-3-5-15(6-4-14)23(26)27/h3-6,8-10,16H,1-2,7H2,(H,21,24). The van der Waals surface area contributed by atoms with Crippen LogP contribution in [0.15, 0.2) is 42.5 Å². The van der Waals surface area contributed by atoms with Gasteiger partial charge in [-0.3, -0.25) is 19.7 Å². The number of carbonyl (C=O) groups is 2. The van der Waals surface area contributed by atoms with Gasteiger partial charge < -0.3 is 10.2 Å². The van der Waals surface area contributed by atoms with Crippen molar-refractivity contribution < 1.29 is 14.5 Å². The van der Waals surface area contributed by atoms with Crippen molar-refractivity contribution in [2.75, 3.05) is 11.9 Å². The highest BCUT2D eigenvalue weighted by Crippen LogP contribution is 2.25. The summed E-state index contributed by atoms with van der Waals surface area (Å²) < 4.78 is 0. The predicted molar refractivity (Wildman–Crippen MR) is 102 cm³/mol. The molecular formula is C18H15Cl2N3O4. The topological polar surface area (TPSA) is 92.5 Å². The molecule has 0 radical (unpaired) electrons. The molecule has 2 aromatic rings. The Kier molecular flexibility index (Phi) is 5.62. The third-order valence-corrected chi connectivity index (χ3v) is 4.71. The Bertz CT molecular complexity index is 882. The van der Waals surface area contributed by atoms with Gasteiger partial charge in [-0.15, -0.1) is 0 Å². The summed E-state index contributed by atoms with van der Waals surface area (Å²) >= 11 is 11.9. The molecule has 1 unspecified atom stereocenters. The van der Waals surface area contributed by atoms with Gasteiger partial charge in [0.2, 0.25) is 5.91 Å². The average Bonchev–Trinajstić information content (AvgIpc) is 3.10. The lowest BCUT2D eigenvalue weighted by Crippen LogP contribution is -2.43. The second-order valence-electron chi connectivity index (χ2n) is 6.11. The number of benzene rings is 2. The molecule has 1 saturated heterocycles. The first-order valence-corrected chi connectivity index (χ1v) is 8.93. The summed E-state index contributed by atoms with van der Waals surface area (Å²) in [7, 11) is 0. The summed E-state index contributed by atoms with van der Waals surface area (Å²) in [6.07, 6.45) is 1.22. The lowest BCUT2D eigenvalue weighted by Gasteiger charge is -2.24. The summed E-state index contributed by atoms with van der Waals surface area (Å²) in [5, 5.41) is 14.1. The number of nitrogens with zero attached hydrogens (tertiary/aromatic N) is 2. The minimum atomic E-state index is -0.634. The minimum Gasteiger partial charge on any atom is -0.327 e. The van der Waals surface area contributed by atoms with Gasteiger partial charge in [-0.1, -0.05) is 23.2 Å². The Morgan fingerprint density at radius 3 is 2.33 bits per heavy atom. The molecule has 0 spiro atoms. The zero-order valence-electron chi connectivity index (χ0n) is 14.0. The third kappa shape index (κ3) is 4.37. The summed E-state index contributed by atoms with van der Waals surface area (Å²) in [5.74, 6) is -0.663. The maximum absolute atomic E-state index is 12.8. The fourth-order valence-corrected chi connectivity index (χ4v) is 3.54. The highest BCUT2D eigenvalue weighted by atomic mass is 35.5. The molecule has 2 aromatic carbocycles. The molecule has 0 saturated carbocycles. The number of nitrogens with one attached hydrogen (secondary N) is 1. The number of amides is 2. The number of non-ortho nitro benzene ring substituents is 1. The van der Waals surface area contributed by atoms with Crippen molar-refractivity contribution in [2.45, 2.75) is 18.9 Å². The molecule has 1 aliphatic heterocycles. The van der Waals surface area contributed by atoms with E-state index in [4.69, 9.17) is 23.2 Å². The molecule has 1 heterocycles. The number of hydrogen-bond acceptors (Lipinski definition) is 4. The number of nitro groups is 1. The van der Waals surface area contributed by atoms with Crippen LogP contribution in [0.5, 0.6) is 0 Å². The van der Waals surface area contributed by atoms with Gasteiger partial charge >= 0.3 is 0 Å². The first kappa shape index (κ1) is 19.1. The monoisotopic (exact) mass is 407 g/mol. The van der Waals surface area contributed by atoms with E-state index in [9.17, 15) is 19.7 Å². The van der Waals surface area contributed by atoms with Crippen LogP contribution in [-0.2, 0) is 4.79 Å². The Balaban J connectivity index is 1.74. The van der Waals surface area contributed by atoms with Gasteiger partial charge in [-0.2, -0.15) is 0 Å². The largest absolute Gasteiger partial charge is 0.327 e. The fraction of sp³-hybridized carbons (Fsp3) is 0.222. The van der Waals surface area contributed by atoms with Gasteiger partial charge in [-0.05, 0) is 43.2 Å². The Morgan fingerprint density at radius 2 is 1.74 bits per heavy atom. The van der Waals surface area contributed by atoms with Crippen molar-refractivity contribution in [1.29, 1.82) is 0 Å². The molecule has 1 atom stereocenters. The molecule has 2 amide bonds. The second kappa shape index (κ2) is 7.94. The van der Waals surface area contributed by atoms with E-state index >= 15 is 0 Å². The quantitative estimate of drug-likeness (QED) is 0.608. The highest BCUT2D eigenvalue weighted by Gasteiger charge is 2.34. The van der Waals surface area contributed by atoms with Crippen LogP contribution in [0.3, 0.4) is 0 Å². The number of anilines is 1. The second-order valence-corrected chi connectivity index (χ2v) is 6.98. The van der Waals surface area contributed by atoms with Crippen molar-refractivity contribution in [3.05, 3.63) is 68.2 Å². The van der Waals surface area contributed by atoms with Gasteiger partial charge in [-0.25, -0.2) is 0 Å². The molecule has 1 N–H and O–H groups in total. The maximum Gasteiger partial charge on any atom is 0.269 e. The van der Waals surface area contributed by atoms with E-state index in [1.54, 1.807) is 0 Å². The van der Waals surface area contributed by atoms with Crippen molar-refractivity contribution in [3.8, 4) is 0 Å². The first-order chi connectivity index (χ1) is 12.8. The molecule has 1 fully saturated rings. The Labute approximate surface area is 165 Å². The molecule has 0 aliphatic carbocycles. The van der Waals surface area contributed by atoms with Gasteiger partial charge in [0.15, 0.2) is 0 Å². The molecule has 1 aliphatic rings. The lowest BCUT2D eigenvalue weighted by atomic mass is 10.1. The Morgan fingerprint density at radius 1 is 1.11 bits per heavy atom. The predicted octanol–water partition coefficient (Wildman–Crippen LogP) is 4.14. The van der Waals surface area contributed by atoms with Crippen LogP contribution in [0.4, 0.5) is 11.4 Å². The number of halogens is 2. The molecule has 9 heteroatoms. The molecule has 0 aromatic heterocycles. The van der Waals surface area contributed by atoms with Crippen LogP contribution in [0.1, 0.15) is 23.2 Å². The highest BCUT2D eigenvalue weighted by molar-refractivity contribution is 6.35.